The predicted octanol–water partition coefficient (Wildman–Crippen LogP) is 2.83. The summed E-state index contributed by atoms with van der Waals surface area (Å²) in [6.07, 6.45) is 3.51. The van der Waals surface area contributed by atoms with Crippen molar-refractivity contribution >= 4 is 17.3 Å². The highest BCUT2D eigenvalue weighted by molar-refractivity contribution is 7.10. The first kappa shape index (κ1) is 13.3. The Hall–Kier alpha value is -1.13. The van der Waals surface area contributed by atoms with E-state index >= 15 is 0 Å². The van der Waals surface area contributed by atoms with Crippen LogP contribution in [-0.2, 0) is 16.0 Å². The number of fused-ring (bicyclic) bond motifs is 1. The fourth-order valence-electron chi connectivity index (χ4n) is 2.25. The molecule has 3 nitrogen and oxygen atoms in total. The summed E-state index contributed by atoms with van der Waals surface area (Å²) in [4.78, 5) is 12.9. The summed E-state index contributed by atoms with van der Waals surface area (Å²) in [6, 6.07) is 2.54. The Labute approximate surface area is 112 Å². The number of aryl methyl sites for hydroxylation is 1. The van der Waals surface area contributed by atoms with Crippen LogP contribution in [0.4, 0.5) is 0 Å². The number of carbonyl (C=O) groups is 1. The topological polar surface area (TPSA) is 38.3 Å². The zero-order chi connectivity index (χ0) is 13.0. The summed E-state index contributed by atoms with van der Waals surface area (Å²) in [5.74, 6) is -0.300. The van der Waals surface area contributed by atoms with Crippen LogP contribution in [0.2, 0.25) is 0 Å². The van der Waals surface area contributed by atoms with Gasteiger partial charge in [0.2, 0.25) is 0 Å². The largest absolute Gasteiger partial charge is 0.463 e. The van der Waals surface area contributed by atoms with Crippen LogP contribution in [0.3, 0.4) is 0 Å². The van der Waals surface area contributed by atoms with Gasteiger partial charge in [0.1, 0.15) is 0 Å². The monoisotopic (exact) mass is 265 g/mol. The summed E-state index contributed by atoms with van der Waals surface area (Å²) < 4.78 is 4.92. The zero-order valence-electron chi connectivity index (χ0n) is 10.7. The summed E-state index contributed by atoms with van der Waals surface area (Å²) in [5, 5.41) is 5.55. The Balaban J connectivity index is 1.89. The highest BCUT2D eigenvalue weighted by Crippen LogP contribution is 2.33. The lowest BCUT2D eigenvalue weighted by atomic mass is 9.94. The molecule has 1 aliphatic carbocycles. The number of ether oxygens (including phenoxy) is 1. The SMILES string of the molecule is C=C(CNC1CCCc2sccc21)C(=O)OCC. The Bertz CT molecular complexity index is 439. The minimum Gasteiger partial charge on any atom is -0.463 e. The molecule has 1 N–H and O–H groups in total. The van der Waals surface area contributed by atoms with Gasteiger partial charge >= 0.3 is 5.97 Å². The number of hydrogen-bond donors (Lipinski definition) is 1. The molecule has 0 saturated heterocycles. The summed E-state index contributed by atoms with van der Waals surface area (Å²) >= 11 is 1.82. The molecule has 0 aliphatic heterocycles. The van der Waals surface area contributed by atoms with Crippen molar-refractivity contribution in [3.05, 3.63) is 34.0 Å². The van der Waals surface area contributed by atoms with E-state index in [4.69, 9.17) is 4.74 Å². The van der Waals surface area contributed by atoms with E-state index in [2.05, 4.69) is 23.3 Å². The van der Waals surface area contributed by atoms with Gasteiger partial charge in [-0.3, -0.25) is 0 Å². The second kappa shape index (κ2) is 6.16. The molecule has 1 atom stereocenters. The molecular formula is C14H19NO2S. The molecule has 1 aromatic heterocycles. The van der Waals surface area contributed by atoms with Gasteiger partial charge in [0.15, 0.2) is 0 Å². The lowest BCUT2D eigenvalue weighted by Crippen LogP contribution is -2.28. The van der Waals surface area contributed by atoms with E-state index in [-0.39, 0.29) is 5.97 Å². The molecule has 1 aromatic rings. The molecule has 0 aromatic carbocycles. The quantitative estimate of drug-likeness (QED) is 0.657. The highest BCUT2D eigenvalue weighted by atomic mass is 32.1. The van der Waals surface area contributed by atoms with E-state index in [1.54, 1.807) is 6.92 Å². The Morgan fingerprint density at radius 3 is 3.28 bits per heavy atom. The average molecular weight is 265 g/mol. The first-order chi connectivity index (χ1) is 8.72. The van der Waals surface area contributed by atoms with Gasteiger partial charge in [-0.05, 0) is 43.2 Å². The molecule has 0 fully saturated rings. The van der Waals surface area contributed by atoms with Crippen molar-refractivity contribution in [1.82, 2.24) is 5.32 Å². The van der Waals surface area contributed by atoms with Crippen LogP contribution in [0.25, 0.3) is 0 Å². The van der Waals surface area contributed by atoms with Gasteiger partial charge in [-0.15, -0.1) is 11.3 Å². The minimum absolute atomic E-state index is 0.300. The third-order valence-electron chi connectivity index (χ3n) is 3.18. The van der Waals surface area contributed by atoms with Gasteiger partial charge in [-0.25, -0.2) is 4.79 Å². The summed E-state index contributed by atoms with van der Waals surface area (Å²) in [7, 11) is 0. The number of carbonyl (C=O) groups excluding carboxylic acids is 1. The highest BCUT2D eigenvalue weighted by Gasteiger charge is 2.21. The molecule has 0 amide bonds. The maximum atomic E-state index is 11.5. The van der Waals surface area contributed by atoms with Crippen LogP contribution in [0.15, 0.2) is 23.6 Å². The second-order valence-electron chi connectivity index (χ2n) is 4.45. The van der Waals surface area contributed by atoms with Crippen molar-refractivity contribution in [2.45, 2.75) is 32.2 Å². The lowest BCUT2D eigenvalue weighted by Gasteiger charge is -2.24. The molecule has 1 unspecified atom stereocenters. The van der Waals surface area contributed by atoms with Crippen LogP contribution in [-0.4, -0.2) is 19.1 Å². The Morgan fingerprint density at radius 1 is 1.67 bits per heavy atom. The van der Waals surface area contributed by atoms with Crippen molar-refractivity contribution in [2.75, 3.05) is 13.2 Å². The number of nitrogens with one attached hydrogen (secondary N) is 1. The van der Waals surface area contributed by atoms with E-state index in [9.17, 15) is 4.79 Å². The number of esters is 1. The third kappa shape index (κ3) is 3.00. The van der Waals surface area contributed by atoms with Crippen molar-refractivity contribution < 1.29 is 9.53 Å². The smallest absolute Gasteiger partial charge is 0.334 e. The van der Waals surface area contributed by atoms with E-state index in [1.165, 1.54) is 23.3 Å². The first-order valence-corrected chi connectivity index (χ1v) is 7.25. The predicted molar refractivity (Wildman–Crippen MR) is 73.8 cm³/mol. The molecule has 18 heavy (non-hydrogen) atoms. The first-order valence-electron chi connectivity index (χ1n) is 6.37. The maximum Gasteiger partial charge on any atom is 0.334 e. The third-order valence-corrected chi connectivity index (χ3v) is 4.17. The van der Waals surface area contributed by atoms with Gasteiger partial charge in [-0.2, -0.15) is 0 Å². The second-order valence-corrected chi connectivity index (χ2v) is 5.45. The molecule has 0 bridgehead atoms. The number of hydrogen-bond acceptors (Lipinski definition) is 4. The number of rotatable bonds is 5. The van der Waals surface area contributed by atoms with E-state index in [0.717, 1.165) is 6.42 Å². The van der Waals surface area contributed by atoms with Crippen LogP contribution >= 0.6 is 11.3 Å². The minimum atomic E-state index is -0.300. The van der Waals surface area contributed by atoms with Crippen LogP contribution in [0.5, 0.6) is 0 Å². The fraction of sp³-hybridized carbons (Fsp3) is 0.500. The molecule has 0 spiro atoms. The Kier molecular flexibility index (Phi) is 4.55. The molecule has 4 heteroatoms. The van der Waals surface area contributed by atoms with Crippen molar-refractivity contribution in [3.63, 3.8) is 0 Å². The van der Waals surface area contributed by atoms with Gasteiger partial charge in [0, 0.05) is 23.0 Å². The summed E-state index contributed by atoms with van der Waals surface area (Å²) in [6.45, 7) is 6.47. The molecular weight excluding hydrogens is 246 g/mol. The fourth-order valence-corrected chi connectivity index (χ4v) is 3.24. The van der Waals surface area contributed by atoms with E-state index in [1.807, 2.05) is 11.3 Å². The van der Waals surface area contributed by atoms with Gasteiger partial charge in [-0.1, -0.05) is 6.58 Å². The zero-order valence-corrected chi connectivity index (χ0v) is 11.5. The van der Waals surface area contributed by atoms with Crippen molar-refractivity contribution in [1.29, 1.82) is 0 Å². The van der Waals surface area contributed by atoms with Gasteiger partial charge < -0.3 is 10.1 Å². The lowest BCUT2D eigenvalue weighted by molar-refractivity contribution is -0.138. The Morgan fingerprint density at radius 2 is 2.50 bits per heavy atom. The molecule has 1 heterocycles. The van der Waals surface area contributed by atoms with E-state index in [0.29, 0.717) is 24.8 Å². The standard InChI is InChI=1S/C14H19NO2S/c1-3-17-14(16)10(2)9-15-12-5-4-6-13-11(12)7-8-18-13/h7-8,12,15H,2-6,9H2,1H3. The average Bonchev–Trinajstić information content (AvgIpc) is 2.84. The number of thiophene rings is 1. The van der Waals surface area contributed by atoms with Gasteiger partial charge in [0.25, 0.3) is 0 Å². The molecule has 1 aliphatic rings. The van der Waals surface area contributed by atoms with Crippen molar-refractivity contribution in [2.24, 2.45) is 0 Å². The molecule has 0 saturated carbocycles. The van der Waals surface area contributed by atoms with Crippen LogP contribution in [0.1, 0.15) is 36.2 Å². The van der Waals surface area contributed by atoms with Crippen molar-refractivity contribution in [3.8, 4) is 0 Å². The van der Waals surface area contributed by atoms with Crippen LogP contribution < -0.4 is 5.32 Å². The van der Waals surface area contributed by atoms with E-state index < -0.39 is 0 Å². The molecule has 0 radical (unpaired) electrons. The summed E-state index contributed by atoms with van der Waals surface area (Å²) in [5.41, 5.74) is 1.89. The maximum absolute atomic E-state index is 11.5. The normalized spacial score (nSPS) is 18.2. The van der Waals surface area contributed by atoms with Gasteiger partial charge in [0.05, 0.1) is 6.61 Å². The molecule has 98 valence electrons. The molecule has 2 rings (SSSR count). The van der Waals surface area contributed by atoms with Crippen LogP contribution in [0, 0.1) is 0 Å².